The molecular formula is C17H16N2O. The molecule has 0 bridgehead atoms. The first-order chi connectivity index (χ1) is 9.88. The van der Waals surface area contributed by atoms with E-state index in [-0.39, 0.29) is 0 Å². The SMILES string of the molecule is CNCc1cnoc1-c1ccc(-c2ccccc2)cc1. The molecule has 0 aliphatic heterocycles. The maximum atomic E-state index is 5.36. The van der Waals surface area contributed by atoms with Crippen molar-refractivity contribution in [2.75, 3.05) is 7.05 Å². The van der Waals surface area contributed by atoms with Gasteiger partial charge in [0.2, 0.25) is 0 Å². The van der Waals surface area contributed by atoms with Crippen molar-refractivity contribution in [3.8, 4) is 22.5 Å². The first kappa shape index (κ1) is 12.6. The molecule has 0 unspecified atom stereocenters. The number of benzene rings is 2. The quantitative estimate of drug-likeness (QED) is 0.780. The summed E-state index contributed by atoms with van der Waals surface area (Å²) in [5.41, 5.74) is 4.53. The first-order valence-electron chi connectivity index (χ1n) is 6.62. The van der Waals surface area contributed by atoms with Gasteiger partial charge in [-0.3, -0.25) is 0 Å². The van der Waals surface area contributed by atoms with E-state index in [9.17, 15) is 0 Å². The van der Waals surface area contributed by atoms with Gasteiger partial charge >= 0.3 is 0 Å². The lowest BCUT2D eigenvalue weighted by Crippen LogP contribution is -2.04. The smallest absolute Gasteiger partial charge is 0.171 e. The van der Waals surface area contributed by atoms with E-state index in [4.69, 9.17) is 4.52 Å². The number of rotatable bonds is 4. The van der Waals surface area contributed by atoms with Crippen LogP contribution in [-0.2, 0) is 6.54 Å². The van der Waals surface area contributed by atoms with Crippen molar-refractivity contribution < 1.29 is 4.52 Å². The van der Waals surface area contributed by atoms with E-state index in [1.165, 1.54) is 11.1 Å². The average molecular weight is 264 g/mol. The summed E-state index contributed by atoms with van der Waals surface area (Å²) in [5.74, 6) is 0.832. The van der Waals surface area contributed by atoms with Crippen molar-refractivity contribution in [1.82, 2.24) is 10.5 Å². The molecule has 0 amide bonds. The molecule has 100 valence electrons. The fraction of sp³-hybridized carbons (Fsp3) is 0.118. The highest BCUT2D eigenvalue weighted by Crippen LogP contribution is 2.27. The summed E-state index contributed by atoms with van der Waals surface area (Å²) >= 11 is 0. The molecule has 3 aromatic rings. The zero-order valence-electron chi connectivity index (χ0n) is 11.3. The van der Waals surface area contributed by atoms with Crippen LogP contribution in [0.25, 0.3) is 22.5 Å². The molecule has 20 heavy (non-hydrogen) atoms. The van der Waals surface area contributed by atoms with Gasteiger partial charge in [-0.05, 0) is 18.2 Å². The van der Waals surface area contributed by atoms with E-state index in [0.29, 0.717) is 0 Å². The second-order valence-electron chi connectivity index (χ2n) is 4.65. The predicted molar refractivity (Wildman–Crippen MR) is 80.1 cm³/mol. The molecule has 0 saturated heterocycles. The summed E-state index contributed by atoms with van der Waals surface area (Å²) in [5, 5.41) is 7.00. The maximum Gasteiger partial charge on any atom is 0.171 e. The zero-order chi connectivity index (χ0) is 13.8. The van der Waals surface area contributed by atoms with Gasteiger partial charge in [-0.2, -0.15) is 0 Å². The predicted octanol–water partition coefficient (Wildman–Crippen LogP) is 3.73. The summed E-state index contributed by atoms with van der Waals surface area (Å²) < 4.78 is 5.36. The van der Waals surface area contributed by atoms with Crippen molar-refractivity contribution in [2.45, 2.75) is 6.54 Å². The topological polar surface area (TPSA) is 38.1 Å². The average Bonchev–Trinajstić information content (AvgIpc) is 2.97. The molecule has 0 radical (unpaired) electrons. The van der Waals surface area contributed by atoms with Crippen LogP contribution in [0.3, 0.4) is 0 Å². The summed E-state index contributed by atoms with van der Waals surface area (Å²) in [6.45, 7) is 0.749. The van der Waals surface area contributed by atoms with Gasteiger partial charge in [0.05, 0.1) is 6.20 Å². The fourth-order valence-electron chi connectivity index (χ4n) is 2.26. The lowest BCUT2D eigenvalue weighted by Gasteiger charge is -2.04. The highest BCUT2D eigenvalue weighted by atomic mass is 16.5. The largest absolute Gasteiger partial charge is 0.356 e. The fourth-order valence-corrected chi connectivity index (χ4v) is 2.26. The number of hydrogen-bond donors (Lipinski definition) is 1. The van der Waals surface area contributed by atoms with Crippen LogP contribution in [0.4, 0.5) is 0 Å². The number of aromatic nitrogens is 1. The van der Waals surface area contributed by atoms with Gasteiger partial charge in [-0.25, -0.2) is 0 Å². The Hall–Kier alpha value is -2.39. The van der Waals surface area contributed by atoms with E-state index in [1.807, 2.05) is 25.2 Å². The van der Waals surface area contributed by atoms with E-state index in [0.717, 1.165) is 23.4 Å². The van der Waals surface area contributed by atoms with E-state index in [2.05, 4.69) is 46.9 Å². The van der Waals surface area contributed by atoms with Gasteiger partial charge in [0.15, 0.2) is 5.76 Å². The van der Waals surface area contributed by atoms with E-state index < -0.39 is 0 Å². The van der Waals surface area contributed by atoms with E-state index in [1.54, 1.807) is 6.20 Å². The van der Waals surface area contributed by atoms with Crippen LogP contribution in [0.5, 0.6) is 0 Å². The molecule has 1 aromatic heterocycles. The van der Waals surface area contributed by atoms with Crippen molar-refractivity contribution >= 4 is 0 Å². The maximum absolute atomic E-state index is 5.36. The molecule has 3 rings (SSSR count). The molecule has 1 heterocycles. The van der Waals surface area contributed by atoms with E-state index >= 15 is 0 Å². The number of nitrogens with one attached hydrogen (secondary N) is 1. The summed E-state index contributed by atoms with van der Waals surface area (Å²) in [7, 11) is 1.91. The van der Waals surface area contributed by atoms with Crippen LogP contribution in [0.1, 0.15) is 5.56 Å². The molecule has 3 nitrogen and oxygen atoms in total. The number of hydrogen-bond acceptors (Lipinski definition) is 3. The van der Waals surface area contributed by atoms with Crippen molar-refractivity contribution in [2.24, 2.45) is 0 Å². The van der Waals surface area contributed by atoms with Crippen LogP contribution in [0.2, 0.25) is 0 Å². The van der Waals surface area contributed by atoms with Crippen LogP contribution >= 0.6 is 0 Å². The molecular weight excluding hydrogens is 248 g/mol. The molecule has 1 N–H and O–H groups in total. The molecule has 0 atom stereocenters. The van der Waals surface area contributed by atoms with Gasteiger partial charge in [-0.1, -0.05) is 59.8 Å². The minimum absolute atomic E-state index is 0.749. The Morgan fingerprint density at radius 3 is 2.25 bits per heavy atom. The summed E-state index contributed by atoms with van der Waals surface area (Å²) in [6, 6.07) is 18.7. The van der Waals surface area contributed by atoms with Crippen LogP contribution in [-0.4, -0.2) is 12.2 Å². The Kier molecular flexibility index (Phi) is 3.61. The highest BCUT2D eigenvalue weighted by molar-refractivity contribution is 5.69. The van der Waals surface area contributed by atoms with Crippen LogP contribution in [0, 0.1) is 0 Å². The third-order valence-electron chi connectivity index (χ3n) is 3.27. The van der Waals surface area contributed by atoms with Gasteiger partial charge in [0, 0.05) is 17.7 Å². The number of nitrogens with zero attached hydrogens (tertiary/aromatic N) is 1. The van der Waals surface area contributed by atoms with Gasteiger partial charge in [0.25, 0.3) is 0 Å². The van der Waals surface area contributed by atoms with Crippen LogP contribution < -0.4 is 5.32 Å². The Balaban J connectivity index is 1.91. The molecule has 0 saturated carbocycles. The van der Waals surface area contributed by atoms with Gasteiger partial charge in [-0.15, -0.1) is 0 Å². The second kappa shape index (κ2) is 5.72. The monoisotopic (exact) mass is 264 g/mol. The minimum atomic E-state index is 0.749. The highest BCUT2D eigenvalue weighted by Gasteiger charge is 2.10. The minimum Gasteiger partial charge on any atom is -0.356 e. The lowest BCUT2D eigenvalue weighted by molar-refractivity contribution is 0.431. The molecule has 3 heteroatoms. The molecule has 0 fully saturated rings. The summed E-state index contributed by atoms with van der Waals surface area (Å²) in [6.07, 6.45) is 1.76. The molecule has 2 aromatic carbocycles. The lowest BCUT2D eigenvalue weighted by atomic mass is 10.0. The van der Waals surface area contributed by atoms with Gasteiger partial charge in [0.1, 0.15) is 0 Å². The summed E-state index contributed by atoms with van der Waals surface area (Å²) in [4.78, 5) is 0. The third kappa shape index (κ3) is 2.49. The van der Waals surface area contributed by atoms with Crippen molar-refractivity contribution in [1.29, 1.82) is 0 Å². The third-order valence-corrected chi connectivity index (χ3v) is 3.27. The molecule has 0 aliphatic rings. The first-order valence-corrected chi connectivity index (χ1v) is 6.62. The normalized spacial score (nSPS) is 10.7. The Morgan fingerprint density at radius 2 is 1.55 bits per heavy atom. The van der Waals surface area contributed by atoms with Crippen molar-refractivity contribution in [3.63, 3.8) is 0 Å². The Morgan fingerprint density at radius 1 is 0.900 bits per heavy atom. The molecule has 0 spiro atoms. The Bertz CT molecular complexity index is 672. The van der Waals surface area contributed by atoms with Crippen molar-refractivity contribution in [3.05, 3.63) is 66.4 Å². The Labute approximate surface area is 118 Å². The molecule has 0 aliphatic carbocycles. The second-order valence-corrected chi connectivity index (χ2v) is 4.65. The zero-order valence-corrected chi connectivity index (χ0v) is 11.3. The standard InChI is InChI=1S/C17H16N2O/c1-18-11-16-12-19-20-17(16)15-9-7-14(8-10-15)13-5-3-2-4-6-13/h2-10,12,18H,11H2,1H3. The van der Waals surface area contributed by atoms with Crippen LogP contribution in [0.15, 0.2) is 65.3 Å². The van der Waals surface area contributed by atoms with Gasteiger partial charge < -0.3 is 9.84 Å².